The van der Waals surface area contributed by atoms with Crippen LogP contribution < -0.4 is 5.32 Å². The monoisotopic (exact) mass is 544 g/mol. The summed E-state index contributed by atoms with van der Waals surface area (Å²) in [5.74, 6) is -0.816. The van der Waals surface area contributed by atoms with Crippen LogP contribution in [0.5, 0.6) is 0 Å². The number of aromatic nitrogens is 5. The lowest BCUT2D eigenvalue weighted by Crippen LogP contribution is -2.33. The lowest BCUT2D eigenvalue weighted by molar-refractivity contribution is -0.0549. The van der Waals surface area contributed by atoms with Gasteiger partial charge >= 0.3 is 15.2 Å². The van der Waals surface area contributed by atoms with E-state index in [2.05, 4.69) is 25.6 Å². The second kappa shape index (κ2) is 9.99. The summed E-state index contributed by atoms with van der Waals surface area (Å²) in [5, 5.41) is 31.8. The van der Waals surface area contributed by atoms with Crippen molar-refractivity contribution >= 4 is 43.8 Å². The number of hydrogen-bond acceptors (Lipinski definition) is 12. The van der Waals surface area contributed by atoms with Gasteiger partial charge in [-0.1, -0.05) is 5.21 Å². The molecule has 4 heterocycles. The van der Waals surface area contributed by atoms with Gasteiger partial charge in [0.2, 0.25) is 5.28 Å². The van der Waals surface area contributed by atoms with Crippen molar-refractivity contribution < 1.29 is 48.0 Å². The van der Waals surface area contributed by atoms with Crippen LogP contribution in [0.4, 0.5) is 5.82 Å². The van der Waals surface area contributed by atoms with Gasteiger partial charge in [0, 0.05) is 19.1 Å². The summed E-state index contributed by atoms with van der Waals surface area (Å²) in [5.41, 5.74) is 0.326. The highest BCUT2D eigenvalue weighted by atomic mass is 35.5. The van der Waals surface area contributed by atoms with E-state index in [0.29, 0.717) is 25.6 Å². The Kier molecular flexibility index (Phi) is 7.58. The van der Waals surface area contributed by atoms with Crippen molar-refractivity contribution in [3.63, 3.8) is 0 Å². The average Bonchev–Trinajstić information content (AvgIpc) is 3.44. The fraction of sp³-hybridized carbons (Fsp3) is 0.733. The van der Waals surface area contributed by atoms with Crippen LogP contribution in [-0.4, -0.2) is 100 Å². The molecular weight excluding hydrogens is 522 g/mol. The van der Waals surface area contributed by atoms with Crippen molar-refractivity contribution in [2.45, 2.75) is 31.0 Å². The third-order valence-electron chi connectivity index (χ3n) is 5.26. The molecule has 6 atom stereocenters. The number of aliphatic hydroxyl groups excluding tert-OH is 2. The predicted octanol–water partition coefficient (Wildman–Crippen LogP) is -0.721. The average molecular weight is 545 g/mol. The molecule has 190 valence electrons. The molecule has 0 amide bonds. The summed E-state index contributed by atoms with van der Waals surface area (Å²) in [4.78, 5) is 35.6. The zero-order chi connectivity index (χ0) is 24.7. The van der Waals surface area contributed by atoms with Crippen LogP contribution in [0.1, 0.15) is 12.6 Å². The van der Waals surface area contributed by atoms with E-state index in [0.717, 1.165) is 11.1 Å². The second-order valence-electron chi connectivity index (χ2n) is 7.94. The summed E-state index contributed by atoms with van der Waals surface area (Å²) in [6.45, 7) is 1.10. The van der Waals surface area contributed by atoms with Gasteiger partial charge in [0.05, 0.1) is 13.2 Å². The molecule has 0 aromatic carbocycles. The Bertz CT molecular complexity index is 1130. The van der Waals surface area contributed by atoms with Gasteiger partial charge in [-0.05, 0) is 18.0 Å². The molecule has 4 rings (SSSR count). The van der Waals surface area contributed by atoms with E-state index in [1.54, 1.807) is 0 Å². The van der Waals surface area contributed by atoms with E-state index in [-0.39, 0.29) is 22.4 Å². The minimum absolute atomic E-state index is 0.0947. The largest absolute Gasteiger partial charge is 0.387 e. The minimum atomic E-state index is -4.83. The molecule has 2 aliphatic heterocycles. The van der Waals surface area contributed by atoms with Crippen LogP contribution in [0.25, 0.3) is 11.2 Å². The summed E-state index contributed by atoms with van der Waals surface area (Å²) >= 11 is 6.05. The molecule has 0 aliphatic carbocycles. The first kappa shape index (κ1) is 25.8. The lowest BCUT2D eigenvalue weighted by atomic mass is 10.1. The third-order valence-corrected chi connectivity index (χ3v) is 8.89. The molecule has 2 fully saturated rings. The summed E-state index contributed by atoms with van der Waals surface area (Å²) in [6, 6.07) is 0. The number of anilines is 1. The maximum absolute atomic E-state index is 11.9. The van der Waals surface area contributed by atoms with Crippen LogP contribution in [0.3, 0.4) is 0 Å². The Hall–Kier alpha value is -1.29. The number of nitrogens with zero attached hydrogens (tertiary/aromatic N) is 5. The molecule has 6 N–H and O–H groups in total. The molecule has 0 radical (unpaired) electrons. The first-order valence-electron chi connectivity index (χ1n) is 10.1. The molecule has 0 bridgehead atoms. The highest BCUT2D eigenvalue weighted by Crippen LogP contribution is 2.55. The highest BCUT2D eigenvalue weighted by Gasteiger charge is 2.46. The number of rotatable bonds is 9. The number of ether oxygens (including phenoxy) is 2. The topological polar surface area (TPSA) is 231 Å². The van der Waals surface area contributed by atoms with Crippen molar-refractivity contribution in [1.29, 1.82) is 0 Å². The Labute approximate surface area is 196 Å². The normalized spacial score (nSPS) is 29.5. The zero-order valence-corrected chi connectivity index (χ0v) is 20.0. The Morgan fingerprint density at radius 3 is 2.65 bits per heavy atom. The summed E-state index contributed by atoms with van der Waals surface area (Å²) in [7, 11) is -9.52. The van der Waals surface area contributed by atoms with Crippen molar-refractivity contribution in [2.24, 2.45) is 5.92 Å². The maximum Gasteiger partial charge on any atom is 0.340 e. The number of nitrogens with one attached hydrogen (secondary N) is 1. The maximum atomic E-state index is 11.9. The summed E-state index contributed by atoms with van der Waals surface area (Å²) in [6.07, 6.45) is -4.92. The highest BCUT2D eigenvalue weighted by molar-refractivity contribution is 7.70. The molecule has 0 spiro atoms. The van der Waals surface area contributed by atoms with Crippen LogP contribution >= 0.6 is 26.8 Å². The quantitative estimate of drug-likeness (QED) is 0.169. The standard InChI is InChI=1S/C15H23ClN6O10P2/c16-15-18-12(17-3-7-1-2-30-4-7)9-13(19-15)22(21-20-9)14-11(24)10(23)8(32-14)5-31-34(28,29)6-33(25,26)27/h7-8,10-11,14,23-24H,1-6H2,(H,28,29)(H,17,18,19)(H2,25,26,27)/t7?,8-,10-,11-,14-/m1/s1. The van der Waals surface area contributed by atoms with Crippen LogP contribution in [0.15, 0.2) is 0 Å². The van der Waals surface area contributed by atoms with E-state index in [1.165, 1.54) is 0 Å². The molecule has 2 aromatic rings. The second-order valence-corrected chi connectivity index (χ2v) is 12.3. The Balaban J connectivity index is 1.50. The molecule has 0 saturated carbocycles. The Morgan fingerprint density at radius 1 is 1.21 bits per heavy atom. The molecule has 2 aromatic heterocycles. The van der Waals surface area contributed by atoms with Crippen LogP contribution in [0, 0.1) is 5.92 Å². The van der Waals surface area contributed by atoms with Gasteiger partial charge in [-0.15, -0.1) is 5.10 Å². The fourth-order valence-electron chi connectivity index (χ4n) is 3.62. The molecule has 16 nitrogen and oxygen atoms in total. The van der Waals surface area contributed by atoms with Gasteiger partial charge in [-0.2, -0.15) is 14.6 Å². The van der Waals surface area contributed by atoms with Crippen LogP contribution in [0.2, 0.25) is 5.28 Å². The fourth-order valence-corrected chi connectivity index (χ4v) is 6.35. The third kappa shape index (κ3) is 5.91. The van der Waals surface area contributed by atoms with Gasteiger partial charge in [0.1, 0.15) is 18.3 Å². The lowest BCUT2D eigenvalue weighted by Gasteiger charge is -2.18. The number of fused-ring (bicyclic) bond motifs is 1. The molecule has 34 heavy (non-hydrogen) atoms. The van der Waals surface area contributed by atoms with Crippen LogP contribution in [-0.2, 0) is 23.1 Å². The zero-order valence-electron chi connectivity index (χ0n) is 17.4. The van der Waals surface area contributed by atoms with Gasteiger partial charge in [-0.3, -0.25) is 9.13 Å². The van der Waals surface area contributed by atoms with Crippen molar-refractivity contribution in [3.8, 4) is 0 Å². The molecular formula is C15H23ClN6O10P2. The molecule has 19 heteroatoms. The first-order valence-corrected chi connectivity index (χ1v) is 14.0. The van der Waals surface area contributed by atoms with Gasteiger partial charge < -0.3 is 44.2 Å². The number of halogens is 1. The van der Waals surface area contributed by atoms with Crippen molar-refractivity contribution in [1.82, 2.24) is 25.0 Å². The molecule has 2 saturated heterocycles. The predicted molar refractivity (Wildman–Crippen MR) is 114 cm³/mol. The van der Waals surface area contributed by atoms with E-state index in [1.807, 2.05) is 0 Å². The first-order chi connectivity index (χ1) is 15.9. The van der Waals surface area contributed by atoms with Gasteiger partial charge in [0.25, 0.3) is 0 Å². The molecule has 2 aliphatic rings. The number of hydrogen-bond donors (Lipinski definition) is 6. The van der Waals surface area contributed by atoms with E-state index in [9.17, 15) is 24.2 Å². The van der Waals surface area contributed by atoms with Crippen molar-refractivity contribution in [3.05, 3.63) is 5.28 Å². The van der Waals surface area contributed by atoms with E-state index < -0.39 is 52.2 Å². The summed E-state index contributed by atoms with van der Waals surface area (Å²) < 4.78 is 39.5. The number of aliphatic hydroxyl groups is 2. The smallest absolute Gasteiger partial charge is 0.340 e. The van der Waals surface area contributed by atoms with E-state index >= 15 is 0 Å². The van der Waals surface area contributed by atoms with Gasteiger partial charge in [0.15, 0.2) is 29.1 Å². The Morgan fingerprint density at radius 2 is 1.97 bits per heavy atom. The minimum Gasteiger partial charge on any atom is -0.387 e. The van der Waals surface area contributed by atoms with Crippen molar-refractivity contribution in [2.75, 3.05) is 37.6 Å². The SMILES string of the molecule is O=P(O)(O)CP(=O)(O)OC[C@H]1O[C@@H](n2nnc3c(NCC4CCOC4)nc(Cl)nc32)[C@H](O)[C@@H]1O. The van der Waals surface area contributed by atoms with E-state index in [4.69, 9.17) is 35.4 Å². The molecule has 2 unspecified atom stereocenters. The van der Waals surface area contributed by atoms with Gasteiger partial charge in [-0.25, -0.2) is 0 Å².